The highest BCUT2D eigenvalue weighted by molar-refractivity contribution is 5.78. The summed E-state index contributed by atoms with van der Waals surface area (Å²) < 4.78 is 8.87. The van der Waals surface area contributed by atoms with Crippen LogP contribution in [0.1, 0.15) is 17.3 Å². The van der Waals surface area contributed by atoms with E-state index in [1.54, 1.807) is 31.1 Å². The maximum absolute atomic E-state index is 12.4. The van der Waals surface area contributed by atoms with Crippen LogP contribution in [0, 0.1) is 0 Å². The first-order chi connectivity index (χ1) is 12.7. The second kappa shape index (κ2) is 7.12. The molecule has 26 heavy (non-hydrogen) atoms. The van der Waals surface area contributed by atoms with Crippen molar-refractivity contribution in [3.8, 4) is 0 Å². The van der Waals surface area contributed by atoms with Crippen molar-refractivity contribution in [3.63, 3.8) is 0 Å². The molecule has 0 radical (unpaired) electrons. The Morgan fingerprint density at radius 2 is 2.35 bits per heavy atom. The molecule has 4 heterocycles. The van der Waals surface area contributed by atoms with Gasteiger partial charge < -0.3 is 14.3 Å². The number of carbonyl (C=O) groups is 1. The molecule has 0 aromatic carbocycles. The molecular formula is C17H21N7O2. The molecule has 1 saturated heterocycles. The number of carbonyl (C=O) groups excluding carboxylic acids is 1. The normalized spacial score (nSPS) is 20.5. The minimum absolute atomic E-state index is 0.0242. The number of aromatic nitrogens is 5. The van der Waals surface area contributed by atoms with Crippen molar-refractivity contribution in [2.24, 2.45) is 7.05 Å². The van der Waals surface area contributed by atoms with Crippen molar-refractivity contribution in [3.05, 3.63) is 54.8 Å². The van der Waals surface area contributed by atoms with Crippen LogP contribution in [0.3, 0.4) is 0 Å². The Hall–Kier alpha value is -2.94. The number of imidazole rings is 1. The van der Waals surface area contributed by atoms with Crippen LogP contribution >= 0.6 is 0 Å². The fourth-order valence-corrected chi connectivity index (χ4v) is 3.40. The summed E-state index contributed by atoms with van der Waals surface area (Å²) >= 11 is 0. The highest BCUT2D eigenvalue weighted by atomic mass is 16.3. The molecular weight excluding hydrogens is 334 g/mol. The van der Waals surface area contributed by atoms with Gasteiger partial charge >= 0.3 is 0 Å². The molecule has 1 N–H and O–H groups in total. The summed E-state index contributed by atoms with van der Waals surface area (Å²) in [6.45, 7) is 2.30. The smallest absolute Gasteiger partial charge is 0.224 e. The van der Waals surface area contributed by atoms with E-state index in [0.717, 1.165) is 30.9 Å². The van der Waals surface area contributed by atoms with E-state index in [9.17, 15) is 4.79 Å². The maximum atomic E-state index is 12.4. The monoisotopic (exact) mass is 355 g/mol. The molecule has 1 amide bonds. The van der Waals surface area contributed by atoms with Crippen LogP contribution in [0.25, 0.3) is 0 Å². The lowest BCUT2D eigenvalue weighted by Crippen LogP contribution is -2.42. The first-order valence-electron chi connectivity index (χ1n) is 8.53. The van der Waals surface area contributed by atoms with Gasteiger partial charge in [-0.1, -0.05) is 5.21 Å². The minimum atomic E-state index is -0.0377. The SMILES string of the molecule is Cn1cncc1CN1C[C@@H](NC(=O)Cc2ccoc2)[C@@H](n2ccnn2)C1. The number of likely N-dealkylation sites (tertiary alicyclic amines) is 1. The number of hydrogen-bond donors (Lipinski definition) is 1. The molecule has 0 unspecified atom stereocenters. The lowest BCUT2D eigenvalue weighted by Gasteiger charge is -2.19. The molecule has 1 fully saturated rings. The van der Waals surface area contributed by atoms with Crippen LogP contribution in [-0.4, -0.2) is 54.5 Å². The number of nitrogens with zero attached hydrogens (tertiary/aromatic N) is 6. The first-order valence-corrected chi connectivity index (χ1v) is 8.53. The van der Waals surface area contributed by atoms with Gasteiger partial charge in [0, 0.05) is 39.1 Å². The van der Waals surface area contributed by atoms with Crippen LogP contribution in [0.15, 0.2) is 47.9 Å². The summed E-state index contributed by atoms with van der Waals surface area (Å²) in [6, 6.07) is 1.81. The van der Waals surface area contributed by atoms with Crippen LogP contribution in [0.2, 0.25) is 0 Å². The van der Waals surface area contributed by atoms with E-state index >= 15 is 0 Å². The van der Waals surface area contributed by atoms with Gasteiger partial charge in [0.2, 0.25) is 5.91 Å². The summed E-state index contributed by atoms with van der Waals surface area (Å²) in [7, 11) is 1.98. The molecule has 4 rings (SSSR count). The third-order valence-corrected chi connectivity index (χ3v) is 4.74. The molecule has 2 atom stereocenters. The zero-order chi connectivity index (χ0) is 17.9. The predicted octanol–water partition coefficient (Wildman–Crippen LogP) is 0.389. The van der Waals surface area contributed by atoms with Crippen LogP contribution in [0.5, 0.6) is 0 Å². The van der Waals surface area contributed by atoms with Crippen molar-refractivity contribution in [1.29, 1.82) is 0 Å². The number of nitrogens with one attached hydrogen (secondary N) is 1. The fraction of sp³-hybridized carbons (Fsp3) is 0.412. The fourth-order valence-electron chi connectivity index (χ4n) is 3.40. The van der Waals surface area contributed by atoms with Gasteiger partial charge in [-0.15, -0.1) is 5.10 Å². The van der Waals surface area contributed by atoms with Crippen molar-refractivity contribution < 1.29 is 9.21 Å². The summed E-state index contributed by atoms with van der Waals surface area (Å²) in [5.74, 6) is -0.0242. The predicted molar refractivity (Wildman–Crippen MR) is 91.9 cm³/mol. The molecule has 0 bridgehead atoms. The van der Waals surface area contributed by atoms with E-state index < -0.39 is 0 Å². The second-order valence-electron chi connectivity index (χ2n) is 6.62. The second-order valence-corrected chi connectivity index (χ2v) is 6.62. The topological polar surface area (TPSA) is 94.0 Å². The van der Waals surface area contributed by atoms with Crippen LogP contribution < -0.4 is 5.32 Å². The molecule has 0 saturated carbocycles. The third kappa shape index (κ3) is 3.52. The molecule has 3 aromatic rings. The number of furan rings is 1. The lowest BCUT2D eigenvalue weighted by atomic mass is 10.1. The minimum Gasteiger partial charge on any atom is -0.472 e. The molecule has 9 heteroatoms. The van der Waals surface area contributed by atoms with E-state index in [1.807, 2.05) is 28.7 Å². The Labute approximate surface area is 150 Å². The molecule has 1 aliphatic rings. The largest absolute Gasteiger partial charge is 0.472 e. The third-order valence-electron chi connectivity index (χ3n) is 4.74. The quantitative estimate of drug-likeness (QED) is 0.687. The summed E-state index contributed by atoms with van der Waals surface area (Å²) in [4.78, 5) is 18.9. The highest BCUT2D eigenvalue weighted by Crippen LogP contribution is 2.23. The van der Waals surface area contributed by atoms with E-state index in [2.05, 4.69) is 25.5 Å². The molecule has 136 valence electrons. The van der Waals surface area contributed by atoms with Crippen molar-refractivity contribution in [2.45, 2.75) is 25.0 Å². The van der Waals surface area contributed by atoms with Gasteiger partial charge in [0.05, 0.1) is 49.2 Å². The van der Waals surface area contributed by atoms with Crippen molar-refractivity contribution in [1.82, 2.24) is 34.8 Å². The Morgan fingerprint density at radius 1 is 1.42 bits per heavy atom. The Morgan fingerprint density at radius 3 is 3.04 bits per heavy atom. The van der Waals surface area contributed by atoms with Gasteiger partial charge in [-0.25, -0.2) is 9.67 Å². The molecule has 3 aromatic heterocycles. The summed E-state index contributed by atoms with van der Waals surface area (Å²) in [5, 5.41) is 11.2. The van der Waals surface area contributed by atoms with Crippen LogP contribution in [-0.2, 0) is 24.8 Å². The summed E-state index contributed by atoms with van der Waals surface area (Å²) in [6.07, 6.45) is 10.6. The standard InChI is InChI=1S/C17H21N7O2/c1-22-12-18-7-14(22)8-23-9-15(16(10-23)24-4-3-19-21-24)20-17(25)6-13-2-5-26-11-13/h2-5,7,11-12,15-16H,6,8-10H2,1H3,(H,20,25)/t15-,16+/m1/s1. The first kappa shape index (κ1) is 16.5. The maximum Gasteiger partial charge on any atom is 0.224 e. The number of hydrogen-bond acceptors (Lipinski definition) is 6. The number of aryl methyl sites for hydroxylation is 1. The van der Waals surface area contributed by atoms with Crippen LogP contribution in [0.4, 0.5) is 0 Å². The average Bonchev–Trinajstić information content (AvgIpc) is 3.38. The van der Waals surface area contributed by atoms with Gasteiger partial charge in [0.15, 0.2) is 0 Å². The Bertz CT molecular complexity index is 840. The van der Waals surface area contributed by atoms with Crippen molar-refractivity contribution in [2.75, 3.05) is 13.1 Å². The van der Waals surface area contributed by atoms with E-state index in [1.165, 1.54) is 0 Å². The molecule has 9 nitrogen and oxygen atoms in total. The number of amides is 1. The van der Waals surface area contributed by atoms with E-state index in [0.29, 0.717) is 6.42 Å². The zero-order valence-corrected chi connectivity index (χ0v) is 14.5. The molecule has 0 spiro atoms. The van der Waals surface area contributed by atoms with E-state index in [4.69, 9.17) is 4.42 Å². The Balaban J connectivity index is 1.45. The summed E-state index contributed by atoms with van der Waals surface area (Å²) in [5.41, 5.74) is 2.00. The van der Waals surface area contributed by atoms with Gasteiger partial charge in [-0.3, -0.25) is 9.69 Å². The Kier molecular flexibility index (Phi) is 4.53. The number of rotatable bonds is 6. The zero-order valence-electron chi connectivity index (χ0n) is 14.5. The van der Waals surface area contributed by atoms with Gasteiger partial charge in [-0.2, -0.15) is 0 Å². The average molecular weight is 355 g/mol. The van der Waals surface area contributed by atoms with Gasteiger partial charge in [0.25, 0.3) is 0 Å². The highest BCUT2D eigenvalue weighted by Gasteiger charge is 2.35. The van der Waals surface area contributed by atoms with E-state index in [-0.39, 0.29) is 18.0 Å². The van der Waals surface area contributed by atoms with Crippen molar-refractivity contribution >= 4 is 5.91 Å². The van der Waals surface area contributed by atoms with Gasteiger partial charge in [0.1, 0.15) is 0 Å². The molecule has 1 aliphatic heterocycles. The lowest BCUT2D eigenvalue weighted by molar-refractivity contribution is -0.121. The van der Waals surface area contributed by atoms with Gasteiger partial charge in [-0.05, 0) is 11.6 Å². The molecule has 0 aliphatic carbocycles.